The minimum Gasteiger partial charge on any atom is -0.417 e. The van der Waals surface area contributed by atoms with E-state index in [9.17, 15) is 0 Å². The zero-order valence-electron chi connectivity index (χ0n) is 36.7. The van der Waals surface area contributed by atoms with Crippen LogP contribution in [0.5, 0.6) is 0 Å². The Morgan fingerprint density at radius 3 is 1.33 bits per heavy atom. The molecule has 2 aliphatic heterocycles. The molecular formula is C40H86N6O3Si2. The lowest BCUT2D eigenvalue weighted by Gasteiger charge is -2.36. The van der Waals surface area contributed by atoms with Crippen LogP contribution in [-0.2, 0) is 15.3 Å². The first kappa shape index (κ1) is 51.3. The quantitative estimate of drug-likeness (QED) is 0.0730. The van der Waals surface area contributed by atoms with Crippen LogP contribution in [0.3, 0.4) is 0 Å². The summed E-state index contributed by atoms with van der Waals surface area (Å²) < 4.78 is 12.3. The first-order valence-corrected chi connectivity index (χ1v) is 25.9. The number of hydrogen-bond acceptors (Lipinski definition) is 8. The highest BCUT2D eigenvalue weighted by Crippen LogP contribution is 2.37. The van der Waals surface area contributed by atoms with E-state index >= 15 is 0 Å². The van der Waals surface area contributed by atoms with Gasteiger partial charge in [-0.3, -0.25) is 0 Å². The van der Waals surface area contributed by atoms with Crippen molar-refractivity contribution < 1.29 is 14.0 Å². The van der Waals surface area contributed by atoms with Gasteiger partial charge in [-0.1, -0.05) is 69.2 Å². The van der Waals surface area contributed by atoms with E-state index in [1.54, 1.807) is 6.33 Å². The van der Waals surface area contributed by atoms with E-state index in [4.69, 9.17) is 14.0 Å². The average Bonchev–Trinajstić information content (AvgIpc) is 3.79. The minimum atomic E-state index is -1.55. The number of aliphatic hydroxyl groups is 1. The fourth-order valence-electron chi connectivity index (χ4n) is 4.54. The van der Waals surface area contributed by atoms with E-state index in [1.807, 2.05) is 27.7 Å². The third-order valence-electron chi connectivity index (χ3n) is 10.2. The summed E-state index contributed by atoms with van der Waals surface area (Å²) in [7, 11) is -3.09. The number of aromatic nitrogens is 2. The summed E-state index contributed by atoms with van der Waals surface area (Å²) in [5, 5.41) is 22.3. The van der Waals surface area contributed by atoms with Gasteiger partial charge in [-0.05, 0) is 115 Å². The van der Waals surface area contributed by atoms with Gasteiger partial charge in [0.1, 0.15) is 0 Å². The Labute approximate surface area is 318 Å². The Kier molecular flexibility index (Phi) is 27.1. The van der Waals surface area contributed by atoms with Crippen LogP contribution in [-0.4, -0.2) is 64.9 Å². The van der Waals surface area contributed by atoms with Crippen LogP contribution in [0.1, 0.15) is 146 Å². The number of hydrogen-bond donors (Lipinski definition) is 6. The lowest BCUT2D eigenvalue weighted by atomic mass is 10.2. The Morgan fingerprint density at radius 1 is 0.627 bits per heavy atom. The zero-order chi connectivity index (χ0) is 39.7. The fourth-order valence-corrected chi connectivity index (χ4v) is 6.71. The minimum absolute atomic E-state index is 0.305. The molecule has 0 fully saturated rings. The molecular weight excluding hydrogens is 669 g/mol. The van der Waals surface area contributed by atoms with Gasteiger partial charge in [0.25, 0.3) is 0 Å². The molecule has 1 aromatic rings. The molecule has 0 bridgehead atoms. The van der Waals surface area contributed by atoms with Crippen molar-refractivity contribution in [3.63, 3.8) is 0 Å². The van der Waals surface area contributed by atoms with Gasteiger partial charge >= 0.3 is 0 Å². The number of rotatable bonds is 16. The molecule has 0 unspecified atom stereocenters. The molecule has 3 rings (SSSR count). The number of allylic oxidation sites excluding steroid dienone is 4. The van der Waals surface area contributed by atoms with Crippen molar-refractivity contribution in [2.75, 3.05) is 33.2 Å². The maximum absolute atomic E-state index is 8.55. The molecule has 302 valence electrons. The number of H-pyrrole nitrogens is 1. The molecule has 0 atom stereocenters. The molecule has 0 radical (unpaired) electrons. The lowest BCUT2D eigenvalue weighted by molar-refractivity contribution is 0.279. The topological polar surface area (TPSA) is 115 Å². The van der Waals surface area contributed by atoms with Crippen molar-refractivity contribution in [2.45, 2.75) is 184 Å². The van der Waals surface area contributed by atoms with Crippen LogP contribution >= 0.6 is 0 Å². The first-order valence-electron chi connectivity index (χ1n) is 20.0. The molecule has 11 heteroatoms. The van der Waals surface area contributed by atoms with Crippen LogP contribution in [0, 0.1) is 6.92 Å². The van der Waals surface area contributed by atoms with Gasteiger partial charge in [-0.2, -0.15) is 0 Å². The van der Waals surface area contributed by atoms with Crippen molar-refractivity contribution in [1.82, 2.24) is 31.2 Å². The monoisotopic (exact) mass is 755 g/mol. The summed E-state index contributed by atoms with van der Waals surface area (Å²) in [4.78, 5) is 7.43. The molecule has 0 spiro atoms. The number of aromatic amines is 1. The summed E-state index contributed by atoms with van der Waals surface area (Å²) in [6, 6.07) is 0. The Morgan fingerprint density at radius 2 is 1.02 bits per heavy atom. The molecule has 9 nitrogen and oxygen atoms in total. The summed E-state index contributed by atoms with van der Waals surface area (Å²) in [6.45, 7) is 41.2. The van der Waals surface area contributed by atoms with Crippen LogP contribution in [0.4, 0.5) is 0 Å². The second-order valence-corrected chi connectivity index (χ2v) is 25.7. The largest absolute Gasteiger partial charge is 0.417 e. The Balaban J connectivity index is 0. The van der Waals surface area contributed by atoms with E-state index in [-0.39, 0.29) is 0 Å². The van der Waals surface area contributed by atoms with Crippen molar-refractivity contribution in [2.24, 2.45) is 0 Å². The standard InChI is InChI=1S/C14H30N2OSi.C14H28N2OSi.C8H16N2O.2C2H6/c2*1-12-13(16-11-15-12)9-7-8-10-17-18(5,6)14(2,3)4;1-7-8(10-6-9-7)4-2-3-5-11;2*1-2/h15-16H,7-11H2,1-6H3;11H,7-10H2,1-6H3,(H,15,16);9-11H,2-6H2,1H3;2*1-2H3. The molecule has 0 aromatic carbocycles. The number of aliphatic hydroxyl groups excluding tert-OH is 1. The van der Waals surface area contributed by atoms with E-state index in [1.165, 1.54) is 40.6 Å². The second kappa shape index (κ2) is 26.9. The van der Waals surface area contributed by atoms with E-state index in [2.05, 4.69) is 120 Å². The van der Waals surface area contributed by atoms with Gasteiger partial charge in [0.15, 0.2) is 16.6 Å². The Hall–Kier alpha value is -1.80. The predicted octanol–water partition coefficient (Wildman–Crippen LogP) is 10.2. The molecule has 6 N–H and O–H groups in total. The van der Waals surface area contributed by atoms with Gasteiger partial charge < -0.3 is 40.2 Å². The van der Waals surface area contributed by atoms with Gasteiger partial charge in [-0.15, -0.1) is 0 Å². The molecule has 3 heterocycles. The number of imidazole rings is 1. The molecule has 0 saturated carbocycles. The lowest BCUT2D eigenvalue weighted by Crippen LogP contribution is -2.40. The summed E-state index contributed by atoms with van der Waals surface area (Å²) in [5.74, 6) is 0. The third-order valence-corrected chi connectivity index (χ3v) is 19.2. The summed E-state index contributed by atoms with van der Waals surface area (Å²) in [5.41, 5.74) is 7.63. The van der Waals surface area contributed by atoms with Gasteiger partial charge in [0, 0.05) is 48.3 Å². The second-order valence-electron chi connectivity index (χ2n) is 16.1. The maximum atomic E-state index is 8.55. The smallest absolute Gasteiger partial charge is 0.191 e. The third kappa shape index (κ3) is 21.5. The molecule has 51 heavy (non-hydrogen) atoms. The van der Waals surface area contributed by atoms with Gasteiger partial charge in [-0.25, -0.2) is 4.98 Å². The van der Waals surface area contributed by atoms with Crippen molar-refractivity contribution in [3.8, 4) is 0 Å². The van der Waals surface area contributed by atoms with Crippen molar-refractivity contribution >= 4 is 16.6 Å². The number of nitrogens with zero attached hydrogens (tertiary/aromatic N) is 1. The maximum Gasteiger partial charge on any atom is 0.191 e. The van der Waals surface area contributed by atoms with E-state index in [0.29, 0.717) is 16.7 Å². The van der Waals surface area contributed by atoms with Crippen LogP contribution < -0.4 is 21.3 Å². The number of nitrogens with one attached hydrogen (secondary N) is 5. The number of unbranched alkanes of at least 4 members (excludes halogenated alkanes) is 3. The van der Waals surface area contributed by atoms with Crippen LogP contribution in [0.2, 0.25) is 36.3 Å². The molecule has 1 aromatic heterocycles. The highest BCUT2D eigenvalue weighted by molar-refractivity contribution is 6.74. The van der Waals surface area contributed by atoms with Crippen LogP contribution in [0.15, 0.2) is 29.1 Å². The molecule has 0 amide bonds. The fraction of sp³-hybridized carbons (Fsp3) is 0.825. The van der Waals surface area contributed by atoms with Gasteiger partial charge in [0.05, 0.1) is 25.4 Å². The summed E-state index contributed by atoms with van der Waals surface area (Å²) in [6.07, 6.45) is 11.6. The Bertz CT molecular complexity index is 1090. The highest BCUT2D eigenvalue weighted by Gasteiger charge is 2.37. The van der Waals surface area contributed by atoms with E-state index < -0.39 is 16.6 Å². The SMILES string of the molecule is CC.CC.CC1=C(CCCCO)NCN1.CC1=C(CCCCO[Si](C)(C)C(C)(C)C)NCN1.Cc1[nH]cnc1CCCCO[Si](C)(C)C(C)(C)C. The number of aryl methyl sites for hydroxylation is 2. The molecule has 0 saturated heterocycles. The molecule has 2 aliphatic rings. The van der Waals surface area contributed by atoms with Crippen molar-refractivity contribution in [3.05, 3.63) is 40.5 Å². The average molecular weight is 755 g/mol. The summed E-state index contributed by atoms with van der Waals surface area (Å²) >= 11 is 0. The zero-order valence-corrected chi connectivity index (χ0v) is 38.7. The molecule has 0 aliphatic carbocycles. The highest BCUT2D eigenvalue weighted by atomic mass is 28.4. The predicted molar refractivity (Wildman–Crippen MR) is 228 cm³/mol. The van der Waals surface area contributed by atoms with Gasteiger partial charge in [0.2, 0.25) is 0 Å². The first-order chi connectivity index (χ1) is 23.8. The van der Waals surface area contributed by atoms with Crippen molar-refractivity contribution in [1.29, 1.82) is 0 Å². The normalized spacial score (nSPS) is 14.3. The van der Waals surface area contributed by atoms with Crippen LogP contribution in [0.25, 0.3) is 0 Å². The van der Waals surface area contributed by atoms with E-state index in [0.717, 1.165) is 77.9 Å².